The van der Waals surface area contributed by atoms with Gasteiger partial charge in [-0.1, -0.05) is 0 Å². The number of carbonyl (C=O) groups excluding carboxylic acids is 1. The first-order valence-electron chi connectivity index (χ1n) is 5.66. The van der Waals surface area contributed by atoms with E-state index in [0.29, 0.717) is 25.3 Å². The Kier molecular flexibility index (Phi) is 5.64. The number of rotatable bonds is 7. The monoisotopic (exact) mass is 287 g/mol. The molecule has 1 aromatic rings. The number of carbonyl (C=O) groups is 1. The van der Waals surface area contributed by atoms with Gasteiger partial charge in [0, 0.05) is 20.1 Å². The fraction of sp³-hybridized carbons (Fsp3) is 0.500. The van der Waals surface area contributed by atoms with Gasteiger partial charge in [-0.15, -0.1) is 10.2 Å². The average molecular weight is 287 g/mol. The van der Waals surface area contributed by atoms with Gasteiger partial charge in [0.1, 0.15) is 5.82 Å². The van der Waals surface area contributed by atoms with E-state index in [4.69, 9.17) is 0 Å². The van der Waals surface area contributed by atoms with Crippen molar-refractivity contribution in [3.05, 3.63) is 17.8 Å². The van der Waals surface area contributed by atoms with Crippen LogP contribution in [0.3, 0.4) is 0 Å². The van der Waals surface area contributed by atoms with Gasteiger partial charge in [-0.2, -0.15) is 0 Å². The van der Waals surface area contributed by atoms with Gasteiger partial charge in [0.2, 0.25) is 10.0 Å². The quantitative estimate of drug-likeness (QED) is 0.565. The Morgan fingerprint density at radius 2 is 2.00 bits per heavy atom. The van der Waals surface area contributed by atoms with Crippen molar-refractivity contribution in [1.82, 2.24) is 20.2 Å². The molecule has 0 radical (unpaired) electrons. The molecule has 0 saturated heterocycles. The Bertz CT molecular complexity index is 514. The van der Waals surface area contributed by atoms with Crippen molar-refractivity contribution in [3.63, 3.8) is 0 Å². The Balaban J connectivity index is 2.32. The van der Waals surface area contributed by atoms with Crippen LogP contribution < -0.4 is 15.4 Å². The molecule has 1 amide bonds. The van der Waals surface area contributed by atoms with Gasteiger partial charge in [-0.3, -0.25) is 4.79 Å². The minimum absolute atomic E-state index is 0.242. The SMILES string of the molecule is CNC(=O)c1ccc(NCCCNS(C)(=O)=O)nn1. The first-order valence-corrected chi connectivity index (χ1v) is 7.56. The number of aromatic nitrogens is 2. The minimum Gasteiger partial charge on any atom is -0.369 e. The zero-order valence-corrected chi connectivity index (χ0v) is 11.6. The van der Waals surface area contributed by atoms with E-state index < -0.39 is 10.0 Å². The van der Waals surface area contributed by atoms with Crippen LogP contribution in [0.2, 0.25) is 0 Å². The van der Waals surface area contributed by atoms with Crippen molar-refractivity contribution >= 4 is 21.7 Å². The van der Waals surface area contributed by atoms with Crippen LogP contribution in [-0.2, 0) is 10.0 Å². The van der Waals surface area contributed by atoms with E-state index >= 15 is 0 Å². The molecule has 0 aromatic carbocycles. The van der Waals surface area contributed by atoms with Crippen LogP contribution in [0.15, 0.2) is 12.1 Å². The smallest absolute Gasteiger partial charge is 0.271 e. The summed E-state index contributed by atoms with van der Waals surface area (Å²) in [6.07, 6.45) is 1.73. The van der Waals surface area contributed by atoms with E-state index in [1.807, 2.05) is 0 Å². The molecule has 1 aromatic heterocycles. The fourth-order valence-corrected chi connectivity index (χ4v) is 1.75. The van der Waals surface area contributed by atoms with E-state index in [9.17, 15) is 13.2 Å². The topological polar surface area (TPSA) is 113 Å². The Morgan fingerprint density at radius 1 is 1.26 bits per heavy atom. The van der Waals surface area contributed by atoms with Crippen LogP contribution in [0, 0.1) is 0 Å². The molecule has 1 heterocycles. The van der Waals surface area contributed by atoms with Gasteiger partial charge in [0.15, 0.2) is 5.69 Å². The maximum atomic E-state index is 11.2. The second kappa shape index (κ2) is 7.00. The molecule has 1 rings (SSSR count). The first-order chi connectivity index (χ1) is 8.92. The summed E-state index contributed by atoms with van der Waals surface area (Å²) in [4.78, 5) is 11.2. The summed E-state index contributed by atoms with van der Waals surface area (Å²) < 4.78 is 24.0. The summed E-state index contributed by atoms with van der Waals surface area (Å²) >= 11 is 0. The molecule has 19 heavy (non-hydrogen) atoms. The second-order valence-electron chi connectivity index (χ2n) is 3.83. The zero-order valence-electron chi connectivity index (χ0n) is 10.8. The van der Waals surface area contributed by atoms with Crippen LogP contribution in [0.4, 0.5) is 5.82 Å². The second-order valence-corrected chi connectivity index (χ2v) is 5.66. The standard InChI is InChI=1S/C10H17N5O3S/c1-11-10(16)8-4-5-9(15-14-8)12-6-3-7-13-19(2,17)18/h4-5,13H,3,6-7H2,1-2H3,(H,11,16)(H,12,15). The lowest BCUT2D eigenvalue weighted by molar-refractivity contribution is 0.0957. The number of nitrogens with zero attached hydrogens (tertiary/aromatic N) is 2. The van der Waals surface area contributed by atoms with E-state index in [1.54, 1.807) is 12.1 Å². The number of hydrogen-bond donors (Lipinski definition) is 3. The Hall–Kier alpha value is -1.74. The number of nitrogens with one attached hydrogen (secondary N) is 3. The number of hydrogen-bond acceptors (Lipinski definition) is 6. The van der Waals surface area contributed by atoms with Crippen molar-refractivity contribution < 1.29 is 13.2 Å². The lowest BCUT2D eigenvalue weighted by Gasteiger charge is -2.05. The highest BCUT2D eigenvalue weighted by Crippen LogP contribution is 2.01. The van der Waals surface area contributed by atoms with E-state index in [0.717, 1.165) is 6.26 Å². The van der Waals surface area contributed by atoms with Crippen molar-refractivity contribution in [2.75, 3.05) is 31.7 Å². The Morgan fingerprint density at radius 3 is 2.53 bits per heavy atom. The number of sulfonamides is 1. The molecule has 0 aliphatic carbocycles. The van der Waals surface area contributed by atoms with Crippen molar-refractivity contribution in [2.24, 2.45) is 0 Å². The van der Waals surface area contributed by atoms with Gasteiger partial charge in [-0.25, -0.2) is 13.1 Å². The predicted molar refractivity (Wildman–Crippen MR) is 71.4 cm³/mol. The average Bonchev–Trinajstić information content (AvgIpc) is 2.37. The molecule has 0 unspecified atom stereocenters. The molecule has 0 saturated carbocycles. The lowest BCUT2D eigenvalue weighted by atomic mass is 10.3. The van der Waals surface area contributed by atoms with Crippen LogP contribution in [0.1, 0.15) is 16.9 Å². The summed E-state index contributed by atoms with van der Waals surface area (Å²) in [6, 6.07) is 3.20. The summed E-state index contributed by atoms with van der Waals surface area (Å²) in [5, 5.41) is 13.0. The molecule has 106 valence electrons. The molecule has 0 bridgehead atoms. The largest absolute Gasteiger partial charge is 0.369 e. The third-order valence-corrected chi connectivity index (χ3v) is 2.88. The van der Waals surface area contributed by atoms with Gasteiger partial charge in [0.05, 0.1) is 6.26 Å². The summed E-state index contributed by atoms with van der Waals surface area (Å²) in [6.45, 7) is 0.909. The molecule has 0 aliphatic rings. The highest BCUT2D eigenvalue weighted by Gasteiger charge is 2.05. The molecule has 0 aliphatic heterocycles. The maximum absolute atomic E-state index is 11.2. The summed E-state index contributed by atoms with van der Waals surface area (Å²) in [7, 11) is -1.62. The summed E-state index contributed by atoms with van der Waals surface area (Å²) in [5.74, 6) is 0.239. The highest BCUT2D eigenvalue weighted by molar-refractivity contribution is 7.88. The van der Waals surface area contributed by atoms with Gasteiger partial charge >= 0.3 is 0 Å². The van der Waals surface area contributed by atoms with E-state index in [-0.39, 0.29) is 11.6 Å². The van der Waals surface area contributed by atoms with Gasteiger partial charge in [-0.05, 0) is 18.6 Å². The van der Waals surface area contributed by atoms with Crippen LogP contribution in [-0.4, -0.2) is 50.9 Å². The summed E-state index contributed by atoms with van der Waals surface area (Å²) in [5.41, 5.74) is 0.242. The Labute approximate surface area is 112 Å². The molecule has 9 heteroatoms. The third-order valence-electron chi connectivity index (χ3n) is 2.15. The number of amides is 1. The predicted octanol–water partition coefficient (Wildman–Crippen LogP) is -0.813. The molecule has 0 fully saturated rings. The highest BCUT2D eigenvalue weighted by atomic mass is 32.2. The van der Waals surface area contributed by atoms with Gasteiger partial charge < -0.3 is 10.6 Å². The van der Waals surface area contributed by atoms with E-state index in [2.05, 4.69) is 25.6 Å². The van der Waals surface area contributed by atoms with Crippen LogP contribution in [0.5, 0.6) is 0 Å². The van der Waals surface area contributed by atoms with Gasteiger partial charge in [0.25, 0.3) is 5.91 Å². The lowest BCUT2D eigenvalue weighted by Crippen LogP contribution is -2.24. The first kappa shape index (κ1) is 15.3. The van der Waals surface area contributed by atoms with Crippen LogP contribution >= 0.6 is 0 Å². The third kappa shape index (κ3) is 6.11. The van der Waals surface area contributed by atoms with Crippen molar-refractivity contribution in [3.8, 4) is 0 Å². The van der Waals surface area contributed by atoms with Crippen molar-refractivity contribution in [1.29, 1.82) is 0 Å². The molecular weight excluding hydrogens is 270 g/mol. The maximum Gasteiger partial charge on any atom is 0.271 e. The van der Waals surface area contributed by atoms with Crippen LogP contribution in [0.25, 0.3) is 0 Å². The normalized spacial score (nSPS) is 11.1. The zero-order chi connectivity index (χ0) is 14.3. The molecule has 0 spiro atoms. The molecular formula is C10H17N5O3S. The van der Waals surface area contributed by atoms with E-state index in [1.165, 1.54) is 7.05 Å². The fourth-order valence-electron chi connectivity index (χ4n) is 1.24. The van der Waals surface area contributed by atoms with Crippen molar-refractivity contribution in [2.45, 2.75) is 6.42 Å². The molecule has 8 nitrogen and oxygen atoms in total. The molecule has 0 atom stereocenters. The number of anilines is 1. The minimum atomic E-state index is -3.14. The molecule has 3 N–H and O–H groups in total.